The van der Waals surface area contributed by atoms with E-state index in [1.165, 1.54) is 0 Å². The van der Waals surface area contributed by atoms with Crippen LogP contribution in [0.25, 0.3) is 0 Å². The van der Waals surface area contributed by atoms with Crippen molar-refractivity contribution in [3.05, 3.63) is 72.5 Å². The van der Waals surface area contributed by atoms with Crippen LogP contribution in [0.15, 0.2) is 59.7 Å². The van der Waals surface area contributed by atoms with Gasteiger partial charge >= 0.3 is 6.03 Å². The van der Waals surface area contributed by atoms with Gasteiger partial charge in [0.2, 0.25) is 0 Å². The summed E-state index contributed by atoms with van der Waals surface area (Å²) in [6.07, 6.45) is 9.00. The first-order chi connectivity index (χ1) is 12.2. The van der Waals surface area contributed by atoms with Crippen LogP contribution in [-0.4, -0.2) is 25.9 Å². The van der Waals surface area contributed by atoms with Gasteiger partial charge in [0.15, 0.2) is 0 Å². The third-order valence-electron chi connectivity index (χ3n) is 3.58. The number of urea groups is 1. The summed E-state index contributed by atoms with van der Waals surface area (Å²) in [5.41, 5.74) is 1.49. The van der Waals surface area contributed by atoms with Crippen molar-refractivity contribution in [3.63, 3.8) is 0 Å². The monoisotopic (exact) mass is 337 g/mol. The SMILES string of the molecule is CCc1ncc(NC(=O)N(Cc2cccnc2)Cc2ccco2)cn1. The van der Waals surface area contributed by atoms with E-state index in [9.17, 15) is 4.79 Å². The molecule has 3 aromatic heterocycles. The lowest BCUT2D eigenvalue weighted by Gasteiger charge is -2.22. The molecule has 0 aromatic carbocycles. The molecule has 0 radical (unpaired) electrons. The van der Waals surface area contributed by atoms with E-state index in [1.54, 1.807) is 42.0 Å². The molecule has 25 heavy (non-hydrogen) atoms. The maximum atomic E-state index is 12.7. The van der Waals surface area contributed by atoms with Gasteiger partial charge < -0.3 is 14.6 Å². The second-order valence-corrected chi connectivity index (χ2v) is 5.47. The number of anilines is 1. The van der Waals surface area contributed by atoms with Gasteiger partial charge in [-0.1, -0.05) is 13.0 Å². The van der Waals surface area contributed by atoms with Crippen molar-refractivity contribution >= 4 is 11.7 Å². The van der Waals surface area contributed by atoms with Crippen molar-refractivity contribution in [2.45, 2.75) is 26.4 Å². The minimum atomic E-state index is -0.256. The fourth-order valence-electron chi connectivity index (χ4n) is 2.31. The van der Waals surface area contributed by atoms with Crippen LogP contribution >= 0.6 is 0 Å². The maximum Gasteiger partial charge on any atom is 0.322 e. The Hall–Kier alpha value is -3.22. The Labute approximate surface area is 145 Å². The van der Waals surface area contributed by atoms with Gasteiger partial charge in [0.05, 0.1) is 30.9 Å². The summed E-state index contributed by atoms with van der Waals surface area (Å²) >= 11 is 0. The number of hydrogen-bond donors (Lipinski definition) is 1. The zero-order valence-electron chi connectivity index (χ0n) is 13.9. The molecular weight excluding hydrogens is 318 g/mol. The standard InChI is InChI=1S/C18H19N5O2/c1-2-17-20-10-15(11-21-17)22-18(24)23(13-16-6-4-8-25-16)12-14-5-3-7-19-9-14/h3-11H,2,12-13H2,1H3,(H,22,24). The molecular formula is C18H19N5O2. The van der Waals surface area contributed by atoms with Crippen LogP contribution in [0.3, 0.4) is 0 Å². The summed E-state index contributed by atoms with van der Waals surface area (Å²) in [4.78, 5) is 26.8. The predicted octanol–water partition coefficient (Wildman–Crippen LogP) is 3.26. The minimum Gasteiger partial charge on any atom is -0.467 e. The molecule has 0 spiro atoms. The van der Waals surface area contributed by atoms with Crippen LogP contribution in [0.2, 0.25) is 0 Å². The van der Waals surface area contributed by atoms with Crippen molar-refractivity contribution < 1.29 is 9.21 Å². The van der Waals surface area contributed by atoms with Gasteiger partial charge in [-0.2, -0.15) is 0 Å². The van der Waals surface area contributed by atoms with E-state index in [0.29, 0.717) is 24.5 Å². The highest BCUT2D eigenvalue weighted by molar-refractivity contribution is 5.88. The Bertz CT molecular complexity index is 788. The van der Waals surface area contributed by atoms with E-state index in [0.717, 1.165) is 17.8 Å². The molecule has 1 N–H and O–H groups in total. The first-order valence-electron chi connectivity index (χ1n) is 8.02. The number of nitrogens with zero attached hydrogens (tertiary/aromatic N) is 4. The van der Waals surface area contributed by atoms with E-state index < -0.39 is 0 Å². The van der Waals surface area contributed by atoms with Gasteiger partial charge in [-0.25, -0.2) is 14.8 Å². The molecule has 0 atom stereocenters. The quantitative estimate of drug-likeness (QED) is 0.746. The minimum absolute atomic E-state index is 0.256. The van der Waals surface area contributed by atoms with E-state index >= 15 is 0 Å². The van der Waals surface area contributed by atoms with Gasteiger partial charge in [-0.15, -0.1) is 0 Å². The molecule has 3 heterocycles. The summed E-state index contributed by atoms with van der Waals surface area (Å²) < 4.78 is 5.37. The van der Waals surface area contributed by atoms with E-state index in [-0.39, 0.29) is 6.03 Å². The van der Waals surface area contributed by atoms with Crippen molar-refractivity contribution in [1.29, 1.82) is 0 Å². The maximum absolute atomic E-state index is 12.7. The number of rotatable bonds is 6. The predicted molar refractivity (Wildman–Crippen MR) is 92.6 cm³/mol. The number of amides is 2. The Morgan fingerprint density at radius 3 is 2.64 bits per heavy atom. The highest BCUT2D eigenvalue weighted by atomic mass is 16.3. The average Bonchev–Trinajstić information content (AvgIpc) is 3.16. The van der Waals surface area contributed by atoms with Crippen LogP contribution in [0.1, 0.15) is 24.1 Å². The van der Waals surface area contributed by atoms with E-state index in [2.05, 4.69) is 20.3 Å². The first-order valence-corrected chi connectivity index (χ1v) is 8.02. The molecule has 128 valence electrons. The van der Waals surface area contributed by atoms with Crippen molar-refractivity contribution in [1.82, 2.24) is 19.9 Å². The molecule has 2 amide bonds. The Morgan fingerprint density at radius 1 is 1.16 bits per heavy atom. The van der Waals surface area contributed by atoms with E-state index in [4.69, 9.17) is 4.42 Å². The molecule has 0 saturated carbocycles. The van der Waals surface area contributed by atoms with Gasteiger partial charge in [0, 0.05) is 25.4 Å². The first kappa shape index (κ1) is 16.6. The Kier molecular flexibility index (Phi) is 5.36. The zero-order chi connectivity index (χ0) is 17.5. The van der Waals surface area contributed by atoms with Crippen LogP contribution < -0.4 is 5.32 Å². The topological polar surface area (TPSA) is 84.2 Å². The fourth-order valence-corrected chi connectivity index (χ4v) is 2.31. The number of nitrogens with one attached hydrogen (secondary N) is 1. The molecule has 0 fully saturated rings. The van der Waals surface area contributed by atoms with Gasteiger partial charge in [0.1, 0.15) is 11.6 Å². The highest BCUT2D eigenvalue weighted by Gasteiger charge is 2.16. The van der Waals surface area contributed by atoms with Gasteiger partial charge in [0.25, 0.3) is 0 Å². The summed E-state index contributed by atoms with van der Waals surface area (Å²) in [5.74, 6) is 1.44. The number of aryl methyl sites for hydroxylation is 1. The second kappa shape index (κ2) is 8.05. The summed E-state index contributed by atoms with van der Waals surface area (Å²) in [5, 5.41) is 2.83. The number of aromatic nitrogens is 3. The lowest BCUT2D eigenvalue weighted by atomic mass is 10.2. The highest BCUT2D eigenvalue weighted by Crippen LogP contribution is 2.13. The molecule has 0 saturated heterocycles. The smallest absolute Gasteiger partial charge is 0.322 e. The second-order valence-electron chi connectivity index (χ2n) is 5.47. The molecule has 0 aliphatic rings. The number of furan rings is 1. The largest absolute Gasteiger partial charge is 0.467 e. The number of carbonyl (C=O) groups is 1. The Balaban J connectivity index is 1.73. The van der Waals surface area contributed by atoms with Crippen molar-refractivity contribution in [2.75, 3.05) is 5.32 Å². The van der Waals surface area contributed by atoms with Crippen molar-refractivity contribution in [2.24, 2.45) is 0 Å². The van der Waals surface area contributed by atoms with Gasteiger partial charge in [-0.05, 0) is 23.8 Å². The molecule has 7 nitrogen and oxygen atoms in total. The summed E-state index contributed by atoms with van der Waals surface area (Å²) in [7, 11) is 0. The van der Waals surface area contributed by atoms with Gasteiger partial charge in [-0.3, -0.25) is 4.98 Å². The lowest BCUT2D eigenvalue weighted by molar-refractivity contribution is 0.201. The van der Waals surface area contributed by atoms with Crippen LogP contribution in [0, 0.1) is 0 Å². The molecule has 3 rings (SSSR count). The third-order valence-corrected chi connectivity index (χ3v) is 3.58. The molecule has 0 aliphatic carbocycles. The number of pyridine rings is 1. The number of hydrogen-bond acceptors (Lipinski definition) is 5. The lowest BCUT2D eigenvalue weighted by Crippen LogP contribution is -2.34. The summed E-state index contributed by atoms with van der Waals surface area (Å²) in [6, 6.07) is 7.15. The molecule has 0 aliphatic heterocycles. The third kappa shape index (κ3) is 4.63. The molecule has 0 unspecified atom stereocenters. The molecule has 0 bridgehead atoms. The molecule has 7 heteroatoms. The normalized spacial score (nSPS) is 10.4. The Morgan fingerprint density at radius 2 is 2.00 bits per heavy atom. The zero-order valence-corrected chi connectivity index (χ0v) is 13.9. The van der Waals surface area contributed by atoms with Crippen LogP contribution in [0.5, 0.6) is 0 Å². The summed E-state index contributed by atoms with van der Waals surface area (Å²) in [6.45, 7) is 2.74. The molecule has 3 aromatic rings. The number of carbonyl (C=O) groups excluding carboxylic acids is 1. The van der Waals surface area contributed by atoms with Crippen molar-refractivity contribution in [3.8, 4) is 0 Å². The average molecular weight is 337 g/mol. The van der Waals surface area contributed by atoms with E-state index in [1.807, 2.05) is 25.1 Å². The van der Waals surface area contributed by atoms with Crippen LogP contribution in [-0.2, 0) is 19.5 Å². The fraction of sp³-hybridized carbons (Fsp3) is 0.222. The van der Waals surface area contributed by atoms with Crippen LogP contribution in [0.4, 0.5) is 10.5 Å².